The van der Waals surface area contributed by atoms with Gasteiger partial charge in [0.05, 0.1) is 5.60 Å². The number of Topliss-reactive ketones (excluding diaryl/α,β-unsaturated/α-hetero) is 1. The van der Waals surface area contributed by atoms with Crippen LogP contribution in [0.4, 0.5) is 5.69 Å². The van der Waals surface area contributed by atoms with Gasteiger partial charge in [0.2, 0.25) is 0 Å². The van der Waals surface area contributed by atoms with Gasteiger partial charge < -0.3 is 10.0 Å². The number of carbonyl (C=O) groups excluding carboxylic acids is 1. The molecule has 1 aliphatic heterocycles. The van der Waals surface area contributed by atoms with Crippen LogP contribution in [0.15, 0.2) is 48.5 Å². The van der Waals surface area contributed by atoms with Gasteiger partial charge in [-0.1, -0.05) is 30.7 Å². The van der Waals surface area contributed by atoms with Crippen LogP contribution < -0.4 is 4.90 Å². The van der Waals surface area contributed by atoms with Crippen molar-refractivity contribution in [1.29, 1.82) is 0 Å². The van der Waals surface area contributed by atoms with Gasteiger partial charge in [-0.3, -0.25) is 4.79 Å². The van der Waals surface area contributed by atoms with Crippen molar-refractivity contribution in [2.24, 2.45) is 0 Å². The fourth-order valence-electron chi connectivity index (χ4n) is 3.43. The second-order valence-corrected chi connectivity index (χ2v) is 7.19. The number of ketones is 1. The van der Waals surface area contributed by atoms with Crippen LogP contribution in [0, 0.1) is 0 Å². The number of carbonyl (C=O) groups is 1. The fourth-order valence-corrected chi connectivity index (χ4v) is 3.62. The Morgan fingerprint density at radius 1 is 1.16 bits per heavy atom. The molecule has 1 N–H and O–H groups in total. The van der Waals surface area contributed by atoms with E-state index in [-0.39, 0.29) is 5.78 Å². The van der Waals surface area contributed by atoms with Gasteiger partial charge in [0.1, 0.15) is 0 Å². The Kier molecular flexibility index (Phi) is 5.45. The number of hydrogen-bond acceptors (Lipinski definition) is 3. The second-order valence-electron chi connectivity index (χ2n) is 6.75. The summed E-state index contributed by atoms with van der Waals surface area (Å²) in [4.78, 5) is 14.2. The third-order valence-corrected chi connectivity index (χ3v) is 5.22. The zero-order valence-corrected chi connectivity index (χ0v) is 15.3. The number of hydrogen-bond donors (Lipinski definition) is 1. The van der Waals surface area contributed by atoms with E-state index in [4.69, 9.17) is 11.6 Å². The van der Waals surface area contributed by atoms with E-state index in [9.17, 15) is 9.90 Å². The molecule has 1 aliphatic rings. The zero-order valence-electron chi connectivity index (χ0n) is 14.5. The predicted molar refractivity (Wildman–Crippen MR) is 102 cm³/mol. The van der Waals surface area contributed by atoms with Gasteiger partial charge >= 0.3 is 0 Å². The molecular weight excluding hydrogens is 334 g/mol. The molecule has 2 aromatic carbocycles. The highest BCUT2D eigenvalue weighted by atomic mass is 35.5. The summed E-state index contributed by atoms with van der Waals surface area (Å²) >= 11 is 6.06. The molecule has 1 fully saturated rings. The SMILES string of the molecule is CCCC(=O)c1ccc(N2CCC(O)(c3cccc(Cl)c3)CC2)cc1. The number of halogens is 1. The molecule has 2 aromatic rings. The highest BCUT2D eigenvalue weighted by Gasteiger charge is 2.34. The molecule has 0 aliphatic carbocycles. The third-order valence-electron chi connectivity index (χ3n) is 4.98. The van der Waals surface area contributed by atoms with Gasteiger partial charge in [-0.2, -0.15) is 0 Å². The van der Waals surface area contributed by atoms with E-state index < -0.39 is 5.60 Å². The highest BCUT2D eigenvalue weighted by molar-refractivity contribution is 6.30. The van der Waals surface area contributed by atoms with E-state index in [1.165, 1.54) is 0 Å². The van der Waals surface area contributed by atoms with Crippen molar-refractivity contribution < 1.29 is 9.90 Å². The van der Waals surface area contributed by atoms with Crippen LogP contribution in [0.3, 0.4) is 0 Å². The minimum atomic E-state index is -0.821. The maximum absolute atomic E-state index is 11.9. The Bertz CT molecular complexity index is 734. The highest BCUT2D eigenvalue weighted by Crippen LogP contribution is 2.35. The summed E-state index contributed by atoms with van der Waals surface area (Å²) in [5.74, 6) is 0.197. The summed E-state index contributed by atoms with van der Waals surface area (Å²) in [5, 5.41) is 11.6. The van der Waals surface area contributed by atoms with Crippen LogP contribution in [0.1, 0.15) is 48.5 Å². The Balaban J connectivity index is 1.67. The lowest BCUT2D eigenvalue weighted by atomic mass is 9.84. The van der Waals surface area contributed by atoms with Crippen LogP contribution in [0.2, 0.25) is 5.02 Å². The maximum atomic E-state index is 11.9. The lowest BCUT2D eigenvalue weighted by Gasteiger charge is -2.39. The number of piperidine rings is 1. The minimum Gasteiger partial charge on any atom is -0.385 e. The van der Waals surface area contributed by atoms with Crippen molar-refractivity contribution in [3.05, 3.63) is 64.7 Å². The maximum Gasteiger partial charge on any atom is 0.162 e. The molecule has 0 spiro atoms. The lowest BCUT2D eigenvalue weighted by molar-refractivity contribution is 0.0118. The van der Waals surface area contributed by atoms with Crippen LogP contribution in [-0.2, 0) is 5.60 Å². The van der Waals surface area contributed by atoms with Crippen LogP contribution >= 0.6 is 11.6 Å². The molecule has 4 heteroatoms. The lowest BCUT2D eigenvalue weighted by Crippen LogP contribution is -2.42. The Labute approximate surface area is 154 Å². The molecule has 0 atom stereocenters. The molecule has 3 rings (SSSR count). The molecule has 0 amide bonds. The monoisotopic (exact) mass is 357 g/mol. The second kappa shape index (κ2) is 7.59. The fraction of sp³-hybridized carbons (Fsp3) is 0.381. The van der Waals surface area contributed by atoms with Crippen molar-refractivity contribution in [2.45, 2.75) is 38.2 Å². The largest absolute Gasteiger partial charge is 0.385 e. The number of benzene rings is 2. The summed E-state index contributed by atoms with van der Waals surface area (Å²) in [6.07, 6.45) is 2.78. The van der Waals surface area contributed by atoms with E-state index in [0.29, 0.717) is 24.3 Å². The Morgan fingerprint density at radius 3 is 2.44 bits per heavy atom. The number of rotatable bonds is 5. The van der Waals surface area contributed by atoms with E-state index in [0.717, 1.165) is 36.3 Å². The molecule has 0 radical (unpaired) electrons. The molecular formula is C21H24ClNO2. The average Bonchev–Trinajstić information content (AvgIpc) is 2.63. The molecule has 25 heavy (non-hydrogen) atoms. The average molecular weight is 358 g/mol. The summed E-state index contributed by atoms with van der Waals surface area (Å²) in [6.45, 7) is 3.55. The molecule has 0 aromatic heterocycles. The summed E-state index contributed by atoms with van der Waals surface area (Å²) < 4.78 is 0. The first-order chi connectivity index (χ1) is 12.0. The Morgan fingerprint density at radius 2 is 1.84 bits per heavy atom. The quantitative estimate of drug-likeness (QED) is 0.780. The number of nitrogens with zero attached hydrogens (tertiary/aromatic N) is 1. The predicted octanol–water partition coefficient (Wildman–Crippen LogP) is 4.81. The first kappa shape index (κ1) is 18.0. The molecule has 0 bridgehead atoms. The smallest absolute Gasteiger partial charge is 0.162 e. The van der Waals surface area contributed by atoms with Crippen LogP contribution in [0.5, 0.6) is 0 Å². The van der Waals surface area contributed by atoms with Crippen molar-refractivity contribution >= 4 is 23.1 Å². The summed E-state index contributed by atoms with van der Waals surface area (Å²) in [5.41, 5.74) is 1.94. The van der Waals surface area contributed by atoms with Crippen LogP contribution in [0.25, 0.3) is 0 Å². The van der Waals surface area contributed by atoms with Crippen molar-refractivity contribution in [3.8, 4) is 0 Å². The van der Waals surface area contributed by atoms with E-state index in [2.05, 4.69) is 4.90 Å². The standard InChI is InChI=1S/C21H24ClNO2/c1-2-4-20(24)16-7-9-19(10-8-16)23-13-11-21(25,12-14-23)17-5-3-6-18(22)15-17/h3,5-10,15,25H,2,4,11-14H2,1H3. The van der Waals surface area contributed by atoms with Gasteiger partial charge in [-0.05, 0) is 61.2 Å². The topological polar surface area (TPSA) is 40.5 Å². The summed E-state index contributed by atoms with van der Waals surface area (Å²) in [7, 11) is 0. The van der Waals surface area contributed by atoms with Gasteiger partial charge in [0, 0.05) is 35.8 Å². The Hall–Kier alpha value is -1.84. The van der Waals surface area contributed by atoms with Gasteiger partial charge in [0.25, 0.3) is 0 Å². The molecule has 0 saturated carbocycles. The minimum absolute atomic E-state index is 0.197. The molecule has 132 valence electrons. The first-order valence-electron chi connectivity index (χ1n) is 8.88. The molecule has 3 nitrogen and oxygen atoms in total. The summed E-state index contributed by atoms with van der Waals surface area (Å²) in [6, 6.07) is 15.3. The van der Waals surface area contributed by atoms with E-state index in [1.807, 2.05) is 55.5 Å². The van der Waals surface area contributed by atoms with E-state index >= 15 is 0 Å². The number of aliphatic hydroxyl groups is 1. The van der Waals surface area contributed by atoms with Crippen molar-refractivity contribution in [1.82, 2.24) is 0 Å². The zero-order chi connectivity index (χ0) is 17.9. The van der Waals surface area contributed by atoms with E-state index in [1.54, 1.807) is 0 Å². The molecule has 0 unspecified atom stereocenters. The third kappa shape index (κ3) is 4.05. The van der Waals surface area contributed by atoms with Gasteiger partial charge in [-0.15, -0.1) is 0 Å². The number of anilines is 1. The van der Waals surface area contributed by atoms with Gasteiger partial charge in [-0.25, -0.2) is 0 Å². The normalized spacial score (nSPS) is 16.7. The van der Waals surface area contributed by atoms with Gasteiger partial charge in [0.15, 0.2) is 5.78 Å². The van der Waals surface area contributed by atoms with Crippen LogP contribution in [-0.4, -0.2) is 24.0 Å². The van der Waals surface area contributed by atoms with Crippen molar-refractivity contribution in [2.75, 3.05) is 18.0 Å². The molecule has 1 heterocycles. The first-order valence-corrected chi connectivity index (χ1v) is 9.26. The molecule has 1 saturated heterocycles. The van der Waals surface area contributed by atoms with Crippen molar-refractivity contribution in [3.63, 3.8) is 0 Å².